The molecule has 0 N–H and O–H groups in total. The molecular weight excluding hydrogens is 246 g/mol. The highest BCUT2D eigenvalue weighted by Gasteiger charge is 2.01. The summed E-state index contributed by atoms with van der Waals surface area (Å²) < 4.78 is 0. The summed E-state index contributed by atoms with van der Waals surface area (Å²) in [5.41, 5.74) is 1.05. The summed E-state index contributed by atoms with van der Waals surface area (Å²) >= 11 is 1.68. The number of thiophene rings is 1. The molecule has 1 aromatic heterocycles. The van der Waals surface area contributed by atoms with Gasteiger partial charge in [0.1, 0.15) is 0 Å². The van der Waals surface area contributed by atoms with Crippen LogP contribution in [0.4, 0.5) is 5.69 Å². The predicted octanol–water partition coefficient (Wildman–Crippen LogP) is 4.38. The Morgan fingerprint density at radius 1 is 1.06 bits per heavy atom. The topological polar surface area (TPSA) is 43.1 Å². The first-order valence-electron chi connectivity index (χ1n) is 5.38. The minimum atomic E-state index is -0.399. The van der Waals surface area contributed by atoms with Crippen molar-refractivity contribution in [3.8, 4) is 0 Å². The van der Waals surface area contributed by atoms with Crippen LogP contribution in [0.3, 0.4) is 0 Å². The van der Waals surface area contributed by atoms with Gasteiger partial charge in [0.2, 0.25) is 0 Å². The summed E-state index contributed by atoms with van der Waals surface area (Å²) in [4.78, 5) is 11.3. The van der Waals surface area contributed by atoms with Crippen molar-refractivity contribution in [2.24, 2.45) is 0 Å². The molecule has 0 fully saturated rings. The maximum atomic E-state index is 10.5. The van der Waals surface area contributed by atoms with Crippen LogP contribution in [0, 0.1) is 10.1 Å². The quantitative estimate of drug-likeness (QED) is 0.463. The van der Waals surface area contributed by atoms with Crippen molar-refractivity contribution >= 4 is 29.2 Å². The Morgan fingerprint density at radius 3 is 2.39 bits per heavy atom. The van der Waals surface area contributed by atoms with Crippen LogP contribution in [-0.2, 0) is 0 Å². The molecule has 0 aliphatic heterocycles. The Bertz CT molecular complexity index is 568. The molecule has 0 unspecified atom stereocenters. The van der Waals surface area contributed by atoms with E-state index in [-0.39, 0.29) is 5.69 Å². The van der Waals surface area contributed by atoms with E-state index in [4.69, 9.17) is 0 Å². The molecule has 18 heavy (non-hydrogen) atoms. The van der Waals surface area contributed by atoms with Gasteiger partial charge in [-0.2, -0.15) is 0 Å². The summed E-state index contributed by atoms with van der Waals surface area (Å²) in [7, 11) is 0. The molecule has 0 aliphatic rings. The van der Waals surface area contributed by atoms with Gasteiger partial charge in [0.15, 0.2) is 0 Å². The maximum Gasteiger partial charge on any atom is 0.269 e. The van der Waals surface area contributed by atoms with Crippen molar-refractivity contribution in [3.63, 3.8) is 0 Å². The van der Waals surface area contributed by atoms with Crippen molar-refractivity contribution in [3.05, 3.63) is 74.5 Å². The smallest absolute Gasteiger partial charge is 0.258 e. The zero-order chi connectivity index (χ0) is 12.8. The van der Waals surface area contributed by atoms with Gasteiger partial charge in [-0.25, -0.2) is 0 Å². The van der Waals surface area contributed by atoms with E-state index in [1.807, 2.05) is 41.8 Å². The first kappa shape index (κ1) is 12.3. The third-order valence-electron chi connectivity index (χ3n) is 2.31. The first-order chi connectivity index (χ1) is 8.75. The molecule has 0 saturated carbocycles. The predicted molar refractivity (Wildman–Crippen MR) is 75.5 cm³/mol. The Labute approximate surface area is 109 Å². The maximum absolute atomic E-state index is 10.5. The molecule has 0 amide bonds. The van der Waals surface area contributed by atoms with Crippen LogP contribution >= 0.6 is 11.3 Å². The Hall–Kier alpha value is -2.20. The molecule has 1 heterocycles. The molecule has 3 nitrogen and oxygen atoms in total. The van der Waals surface area contributed by atoms with Crippen LogP contribution < -0.4 is 0 Å². The van der Waals surface area contributed by atoms with E-state index in [1.165, 1.54) is 17.0 Å². The molecule has 2 rings (SSSR count). The van der Waals surface area contributed by atoms with Gasteiger partial charge in [0, 0.05) is 17.0 Å². The number of nitro groups is 1. The number of non-ortho nitro benzene ring substituents is 1. The summed E-state index contributed by atoms with van der Waals surface area (Å²) in [6.07, 6.45) is 7.80. The lowest BCUT2D eigenvalue weighted by Crippen LogP contribution is -1.86. The molecule has 0 atom stereocenters. The largest absolute Gasteiger partial charge is 0.269 e. The van der Waals surface area contributed by atoms with Crippen LogP contribution in [0.1, 0.15) is 10.4 Å². The SMILES string of the molecule is O=[N+]([O-])c1ccc(/C=C/C=C/c2cccs2)cc1. The molecule has 4 heteroatoms. The lowest BCUT2D eigenvalue weighted by molar-refractivity contribution is -0.384. The van der Waals surface area contributed by atoms with Gasteiger partial charge >= 0.3 is 0 Å². The fraction of sp³-hybridized carbons (Fsp3) is 0. The molecule has 0 bridgehead atoms. The van der Waals surface area contributed by atoms with Crippen molar-refractivity contribution in [2.45, 2.75) is 0 Å². The van der Waals surface area contributed by atoms with Gasteiger partial charge in [0.25, 0.3) is 5.69 Å². The van der Waals surface area contributed by atoms with E-state index in [1.54, 1.807) is 23.5 Å². The summed E-state index contributed by atoms with van der Waals surface area (Å²) in [6, 6.07) is 10.5. The number of allylic oxidation sites excluding steroid dienone is 2. The molecular formula is C14H11NO2S. The van der Waals surface area contributed by atoms with E-state index in [0.29, 0.717) is 0 Å². The Morgan fingerprint density at radius 2 is 1.78 bits per heavy atom. The van der Waals surface area contributed by atoms with Gasteiger partial charge in [-0.05, 0) is 35.2 Å². The number of hydrogen-bond donors (Lipinski definition) is 0. The van der Waals surface area contributed by atoms with Crippen LogP contribution in [-0.4, -0.2) is 4.92 Å². The highest BCUT2D eigenvalue weighted by molar-refractivity contribution is 7.10. The molecule has 0 radical (unpaired) electrons. The van der Waals surface area contributed by atoms with Gasteiger partial charge in [-0.1, -0.05) is 24.3 Å². The van der Waals surface area contributed by atoms with Crippen LogP contribution in [0.15, 0.2) is 53.9 Å². The van der Waals surface area contributed by atoms with Crippen molar-refractivity contribution < 1.29 is 4.92 Å². The number of nitro benzene ring substituents is 1. The van der Waals surface area contributed by atoms with Crippen molar-refractivity contribution in [2.75, 3.05) is 0 Å². The van der Waals surface area contributed by atoms with E-state index >= 15 is 0 Å². The highest BCUT2D eigenvalue weighted by Crippen LogP contribution is 2.13. The van der Waals surface area contributed by atoms with Crippen LogP contribution in [0.5, 0.6) is 0 Å². The lowest BCUT2D eigenvalue weighted by atomic mass is 10.2. The highest BCUT2D eigenvalue weighted by atomic mass is 32.1. The van der Waals surface area contributed by atoms with Crippen LogP contribution in [0.25, 0.3) is 12.2 Å². The average molecular weight is 257 g/mol. The van der Waals surface area contributed by atoms with E-state index in [2.05, 4.69) is 0 Å². The fourth-order valence-electron chi connectivity index (χ4n) is 1.41. The number of hydrogen-bond acceptors (Lipinski definition) is 3. The average Bonchev–Trinajstić information content (AvgIpc) is 2.88. The summed E-state index contributed by atoms with van der Waals surface area (Å²) in [5.74, 6) is 0. The summed E-state index contributed by atoms with van der Waals surface area (Å²) in [5, 5.41) is 12.5. The second-order valence-corrected chi connectivity index (χ2v) is 4.56. The zero-order valence-corrected chi connectivity index (χ0v) is 10.3. The Balaban J connectivity index is 1.99. The molecule has 0 aliphatic carbocycles. The van der Waals surface area contributed by atoms with E-state index in [9.17, 15) is 10.1 Å². The van der Waals surface area contributed by atoms with Gasteiger partial charge < -0.3 is 0 Å². The molecule has 1 aromatic carbocycles. The monoisotopic (exact) mass is 257 g/mol. The minimum Gasteiger partial charge on any atom is -0.258 e. The number of nitrogens with zero attached hydrogens (tertiary/aromatic N) is 1. The number of benzene rings is 1. The van der Waals surface area contributed by atoms with Gasteiger partial charge in [-0.15, -0.1) is 11.3 Å². The lowest BCUT2D eigenvalue weighted by Gasteiger charge is -1.92. The summed E-state index contributed by atoms with van der Waals surface area (Å²) in [6.45, 7) is 0. The van der Waals surface area contributed by atoms with Crippen LogP contribution in [0.2, 0.25) is 0 Å². The van der Waals surface area contributed by atoms with E-state index < -0.39 is 4.92 Å². The molecule has 2 aromatic rings. The second kappa shape index (κ2) is 5.93. The minimum absolute atomic E-state index is 0.112. The third kappa shape index (κ3) is 3.40. The van der Waals surface area contributed by atoms with Gasteiger partial charge in [0.05, 0.1) is 4.92 Å². The normalized spacial score (nSPS) is 11.3. The third-order valence-corrected chi connectivity index (χ3v) is 3.14. The fourth-order valence-corrected chi connectivity index (χ4v) is 2.04. The standard InChI is InChI=1S/C14H11NO2S/c16-15(17)13-9-7-12(8-10-13)4-1-2-5-14-6-3-11-18-14/h1-11H/b4-1+,5-2+. The first-order valence-corrected chi connectivity index (χ1v) is 6.26. The number of rotatable bonds is 4. The van der Waals surface area contributed by atoms with Gasteiger partial charge in [-0.3, -0.25) is 10.1 Å². The van der Waals surface area contributed by atoms with Crippen molar-refractivity contribution in [1.29, 1.82) is 0 Å². The molecule has 0 saturated heterocycles. The van der Waals surface area contributed by atoms with E-state index in [0.717, 1.165) is 5.56 Å². The zero-order valence-electron chi connectivity index (χ0n) is 9.52. The molecule has 90 valence electrons. The van der Waals surface area contributed by atoms with Crippen molar-refractivity contribution in [1.82, 2.24) is 0 Å². The molecule has 0 spiro atoms. The second-order valence-electron chi connectivity index (χ2n) is 3.58. The Kier molecular flexibility index (Phi) is 4.04.